The molecule has 0 spiro atoms. The first-order valence-corrected chi connectivity index (χ1v) is 12.4. The van der Waals surface area contributed by atoms with Crippen LogP contribution in [0.5, 0.6) is 11.5 Å². The minimum Gasteiger partial charge on any atom is -0.465 e. The zero-order valence-electron chi connectivity index (χ0n) is 20.5. The molecule has 1 aliphatic rings. The van der Waals surface area contributed by atoms with E-state index in [1.165, 1.54) is 0 Å². The van der Waals surface area contributed by atoms with Gasteiger partial charge in [0.05, 0.1) is 23.7 Å². The highest BCUT2D eigenvalue weighted by Gasteiger charge is 2.47. The van der Waals surface area contributed by atoms with Gasteiger partial charge in [-0.15, -0.1) is 0 Å². The number of para-hydroxylation sites is 3. The molecule has 0 aliphatic carbocycles. The molecule has 1 aliphatic heterocycles. The highest BCUT2D eigenvalue weighted by molar-refractivity contribution is 6.08. The van der Waals surface area contributed by atoms with Gasteiger partial charge in [-0.3, -0.25) is 14.5 Å². The maximum Gasteiger partial charge on any atom is 0.321 e. The van der Waals surface area contributed by atoms with Crippen LogP contribution in [0.1, 0.15) is 38.3 Å². The normalized spacial score (nSPS) is 17.2. The first kappa shape index (κ1) is 23.6. The molecular weight excluding hydrogens is 454 g/mol. The SMILES string of the molecule is CCCCN1C(=O)[C@H](C(=O)OCC)[C@@H](c2cccc(Oc3ccccc3)c2)n2c1nc1ccccc12. The summed E-state index contributed by atoms with van der Waals surface area (Å²) in [6.45, 7) is 4.50. The van der Waals surface area contributed by atoms with Crippen molar-refractivity contribution in [2.24, 2.45) is 5.92 Å². The number of rotatable bonds is 8. The van der Waals surface area contributed by atoms with Crippen LogP contribution in [0.4, 0.5) is 5.95 Å². The Morgan fingerprint density at radius 3 is 2.47 bits per heavy atom. The molecule has 0 N–H and O–H groups in total. The number of hydrogen-bond acceptors (Lipinski definition) is 5. The first-order valence-electron chi connectivity index (χ1n) is 12.4. The summed E-state index contributed by atoms with van der Waals surface area (Å²) in [6.07, 6.45) is 1.71. The van der Waals surface area contributed by atoms with Gasteiger partial charge in [-0.05, 0) is 55.3 Å². The Hall–Kier alpha value is -4.13. The van der Waals surface area contributed by atoms with Crippen molar-refractivity contribution in [2.45, 2.75) is 32.7 Å². The average molecular weight is 484 g/mol. The van der Waals surface area contributed by atoms with Gasteiger partial charge < -0.3 is 14.0 Å². The summed E-state index contributed by atoms with van der Waals surface area (Å²) in [5.74, 6) is 0.00771. The van der Waals surface area contributed by atoms with Crippen molar-refractivity contribution in [1.29, 1.82) is 0 Å². The summed E-state index contributed by atoms with van der Waals surface area (Å²) in [5.41, 5.74) is 2.40. The first-order chi connectivity index (χ1) is 17.6. The number of amides is 1. The fourth-order valence-electron chi connectivity index (χ4n) is 4.76. The molecule has 2 heterocycles. The molecular formula is C29H29N3O4. The molecule has 1 aromatic heterocycles. The number of aromatic nitrogens is 2. The monoisotopic (exact) mass is 483 g/mol. The van der Waals surface area contributed by atoms with E-state index < -0.39 is 17.9 Å². The van der Waals surface area contributed by atoms with Crippen LogP contribution >= 0.6 is 0 Å². The number of esters is 1. The molecule has 36 heavy (non-hydrogen) atoms. The summed E-state index contributed by atoms with van der Waals surface area (Å²) >= 11 is 0. The molecule has 3 aromatic carbocycles. The Bertz CT molecular complexity index is 1380. The molecule has 2 atom stereocenters. The molecule has 0 bridgehead atoms. The molecule has 0 saturated heterocycles. The van der Waals surface area contributed by atoms with Crippen LogP contribution in [0, 0.1) is 5.92 Å². The van der Waals surface area contributed by atoms with Crippen molar-refractivity contribution >= 4 is 28.9 Å². The van der Waals surface area contributed by atoms with Crippen LogP contribution < -0.4 is 9.64 Å². The Balaban J connectivity index is 1.68. The van der Waals surface area contributed by atoms with E-state index in [2.05, 4.69) is 6.92 Å². The highest BCUT2D eigenvalue weighted by Crippen LogP contribution is 2.42. The summed E-state index contributed by atoms with van der Waals surface area (Å²) < 4.78 is 13.5. The van der Waals surface area contributed by atoms with E-state index in [4.69, 9.17) is 14.5 Å². The zero-order chi connectivity index (χ0) is 25.1. The lowest BCUT2D eigenvalue weighted by molar-refractivity contribution is -0.153. The fourth-order valence-corrected chi connectivity index (χ4v) is 4.76. The number of anilines is 1. The number of carbonyl (C=O) groups is 2. The lowest BCUT2D eigenvalue weighted by Gasteiger charge is -2.38. The number of nitrogens with zero attached hydrogens (tertiary/aromatic N) is 3. The standard InChI is InChI=1S/C29H29N3O4/c1-3-5-18-31-27(33)25(28(34)35-4-2)26(32-24-17-10-9-16-23(24)30-29(31)32)20-12-11-15-22(19-20)36-21-13-7-6-8-14-21/h6-17,19,25-26H,3-5,18H2,1-2H3/t25-,26-/m1/s1. The average Bonchev–Trinajstić information content (AvgIpc) is 3.27. The van der Waals surface area contributed by atoms with E-state index in [1.54, 1.807) is 11.8 Å². The summed E-state index contributed by atoms with van der Waals surface area (Å²) in [6, 6.07) is 24.2. The predicted molar refractivity (Wildman–Crippen MR) is 138 cm³/mol. The Morgan fingerprint density at radius 2 is 1.69 bits per heavy atom. The molecule has 184 valence electrons. The second kappa shape index (κ2) is 10.2. The predicted octanol–water partition coefficient (Wildman–Crippen LogP) is 5.74. The third-order valence-corrected chi connectivity index (χ3v) is 6.40. The zero-order valence-corrected chi connectivity index (χ0v) is 20.5. The number of unbranched alkanes of at least 4 members (excludes halogenated alkanes) is 1. The van der Waals surface area contributed by atoms with Crippen LogP contribution in [-0.4, -0.2) is 34.6 Å². The largest absolute Gasteiger partial charge is 0.465 e. The third-order valence-electron chi connectivity index (χ3n) is 6.40. The van der Waals surface area contributed by atoms with Crippen LogP contribution in [-0.2, 0) is 14.3 Å². The summed E-state index contributed by atoms with van der Waals surface area (Å²) in [7, 11) is 0. The van der Waals surface area contributed by atoms with Gasteiger partial charge in [-0.2, -0.15) is 0 Å². The van der Waals surface area contributed by atoms with E-state index in [0.717, 1.165) is 29.4 Å². The lowest BCUT2D eigenvalue weighted by atomic mass is 9.89. The number of carbonyl (C=O) groups excluding carboxylic acids is 2. The number of ether oxygens (including phenoxy) is 2. The highest BCUT2D eigenvalue weighted by atomic mass is 16.5. The molecule has 1 amide bonds. The van der Waals surface area contributed by atoms with Crippen LogP contribution in [0.25, 0.3) is 11.0 Å². The molecule has 7 heteroatoms. The van der Waals surface area contributed by atoms with Gasteiger partial charge in [0, 0.05) is 6.54 Å². The van der Waals surface area contributed by atoms with Crippen molar-refractivity contribution in [1.82, 2.24) is 9.55 Å². The summed E-state index contributed by atoms with van der Waals surface area (Å²) in [5, 5.41) is 0. The second-order valence-electron chi connectivity index (χ2n) is 8.78. The van der Waals surface area contributed by atoms with Crippen LogP contribution in [0.3, 0.4) is 0 Å². The van der Waals surface area contributed by atoms with Crippen molar-refractivity contribution in [3.63, 3.8) is 0 Å². The topological polar surface area (TPSA) is 73.7 Å². The Morgan fingerprint density at radius 1 is 0.944 bits per heavy atom. The van der Waals surface area contributed by atoms with Gasteiger partial charge in [0.15, 0.2) is 5.92 Å². The molecule has 4 aromatic rings. The van der Waals surface area contributed by atoms with Gasteiger partial charge in [-0.25, -0.2) is 4.98 Å². The minimum absolute atomic E-state index is 0.193. The molecule has 5 rings (SSSR count). The molecule has 0 unspecified atom stereocenters. The van der Waals surface area contributed by atoms with Gasteiger partial charge in [0.1, 0.15) is 11.5 Å². The van der Waals surface area contributed by atoms with Crippen molar-refractivity contribution in [2.75, 3.05) is 18.1 Å². The van der Waals surface area contributed by atoms with Gasteiger partial charge in [0.2, 0.25) is 11.9 Å². The van der Waals surface area contributed by atoms with E-state index in [1.807, 2.05) is 83.4 Å². The van der Waals surface area contributed by atoms with E-state index in [9.17, 15) is 9.59 Å². The number of imidazole rings is 1. The van der Waals surface area contributed by atoms with E-state index >= 15 is 0 Å². The van der Waals surface area contributed by atoms with E-state index in [0.29, 0.717) is 24.0 Å². The van der Waals surface area contributed by atoms with Crippen molar-refractivity contribution in [3.05, 3.63) is 84.4 Å². The number of fused-ring (bicyclic) bond motifs is 3. The Kier molecular flexibility index (Phi) is 6.71. The van der Waals surface area contributed by atoms with Crippen molar-refractivity contribution < 1.29 is 19.1 Å². The smallest absolute Gasteiger partial charge is 0.321 e. The maximum atomic E-state index is 13.9. The van der Waals surface area contributed by atoms with Gasteiger partial charge in [-0.1, -0.05) is 55.8 Å². The number of benzene rings is 3. The Labute approximate surface area is 210 Å². The van der Waals surface area contributed by atoms with Gasteiger partial charge in [0.25, 0.3) is 0 Å². The molecule has 0 fully saturated rings. The number of hydrogen-bond donors (Lipinski definition) is 0. The van der Waals surface area contributed by atoms with Gasteiger partial charge >= 0.3 is 5.97 Å². The lowest BCUT2D eigenvalue weighted by Crippen LogP contribution is -2.50. The third kappa shape index (κ3) is 4.33. The quantitative estimate of drug-likeness (QED) is 0.236. The molecule has 0 radical (unpaired) electrons. The summed E-state index contributed by atoms with van der Waals surface area (Å²) in [4.78, 5) is 33.7. The minimum atomic E-state index is -1.04. The fraction of sp³-hybridized carbons (Fsp3) is 0.276. The maximum absolute atomic E-state index is 13.9. The molecule has 0 saturated carbocycles. The molecule has 7 nitrogen and oxygen atoms in total. The second-order valence-corrected chi connectivity index (χ2v) is 8.78. The van der Waals surface area contributed by atoms with Crippen molar-refractivity contribution in [3.8, 4) is 11.5 Å². The van der Waals surface area contributed by atoms with Crippen LogP contribution in [0.15, 0.2) is 78.9 Å². The van der Waals surface area contributed by atoms with Crippen LogP contribution in [0.2, 0.25) is 0 Å². The van der Waals surface area contributed by atoms with E-state index in [-0.39, 0.29) is 12.5 Å².